The minimum atomic E-state index is -0.776. The molecule has 0 saturated heterocycles. The van der Waals surface area contributed by atoms with Crippen molar-refractivity contribution in [2.75, 3.05) is 17.7 Å². The Balaban J connectivity index is 1.85. The number of phenolic OH excluding ortho intramolecular Hbond substituents is 1. The molecule has 32 heavy (non-hydrogen) atoms. The molecule has 1 aliphatic rings. The number of rotatable bonds is 5. The lowest BCUT2D eigenvalue weighted by Crippen LogP contribution is -2.47. The number of amides is 1. The fourth-order valence-corrected chi connectivity index (χ4v) is 3.74. The lowest BCUT2D eigenvalue weighted by atomic mass is 9.92. The van der Waals surface area contributed by atoms with Crippen molar-refractivity contribution in [2.45, 2.75) is 32.9 Å². The predicted octanol–water partition coefficient (Wildman–Crippen LogP) is 5.24. The lowest BCUT2D eigenvalue weighted by molar-refractivity contribution is -0.119. The maximum Gasteiger partial charge on any atom is 0.249 e. The summed E-state index contributed by atoms with van der Waals surface area (Å²) >= 11 is 0. The number of carbonyl (C=O) groups excluding carboxylic acids is 1. The van der Waals surface area contributed by atoms with Crippen LogP contribution < -0.4 is 20.1 Å². The number of carbonyl (C=O) groups is 1. The molecule has 3 N–H and O–H groups in total. The predicted molar refractivity (Wildman–Crippen MR) is 122 cm³/mol. The van der Waals surface area contributed by atoms with E-state index < -0.39 is 11.4 Å². The van der Waals surface area contributed by atoms with E-state index in [1.54, 1.807) is 32.0 Å². The Bertz CT molecular complexity index is 1210. The molecule has 0 aromatic heterocycles. The van der Waals surface area contributed by atoms with E-state index in [0.717, 1.165) is 22.4 Å². The summed E-state index contributed by atoms with van der Waals surface area (Å²) in [6.07, 6.45) is 0. The summed E-state index contributed by atoms with van der Waals surface area (Å²) in [5, 5.41) is 16.1. The van der Waals surface area contributed by atoms with Gasteiger partial charge in [0.25, 0.3) is 0 Å². The zero-order valence-corrected chi connectivity index (χ0v) is 18.4. The van der Waals surface area contributed by atoms with Gasteiger partial charge in [0, 0.05) is 23.3 Å². The maximum atomic E-state index is 13.8. The van der Waals surface area contributed by atoms with Crippen LogP contribution in [0.1, 0.15) is 25.0 Å². The first-order chi connectivity index (χ1) is 15.2. The lowest BCUT2D eigenvalue weighted by Gasteiger charge is -2.34. The number of phenols is 1. The van der Waals surface area contributed by atoms with Gasteiger partial charge >= 0.3 is 0 Å². The molecular weight excluding hydrogens is 411 g/mol. The van der Waals surface area contributed by atoms with Crippen LogP contribution in [-0.2, 0) is 11.4 Å². The molecule has 6 nitrogen and oxygen atoms in total. The zero-order valence-electron chi connectivity index (χ0n) is 18.4. The van der Waals surface area contributed by atoms with Gasteiger partial charge in [0.1, 0.15) is 35.2 Å². The second-order valence-electron chi connectivity index (χ2n) is 8.30. The Morgan fingerprint density at radius 3 is 2.53 bits per heavy atom. The highest BCUT2D eigenvalue weighted by Crippen LogP contribution is 2.43. The Morgan fingerprint density at radius 2 is 1.78 bits per heavy atom. The highest BCUT2D eigenvalue weighted by molar-refractivity contribution is 6.07. The quantitative estimate of drug-likeness (QED) is 0.510. The first kappa shape index (κ1) is 21.5. The summed E-state index contributed by atoms with van der Waals surface area (Å²) in [6.45, 7) is 5.52. The van der Waals surface area contributed by atoms with Crippen LogP contribution in [0.15, 0.2) is 48.5 Å². The van der Waals surface area contributed by atoms with Crippen molar-refractivity contribution in [3.05, 3.63) is 65.5 Å². The molecule has 0 fully saturated rings. The first-order valence-corrected chi connectivity index (χ1v) is 10.2. The number of nitrogens with one attached hydrogen (secondary N) is 2. The van der Waals surface area contributed by atoms with Crippen LogP contribution in [0.4, 0.5) is 15.8 Å². The first-order valence-electron chi connectivity index (χ1n) is 10.2. The van der Waals surface area contributed by atoms with E-state index in [0.29, 0.717) is 22.7 Å². The molecule has 7 heteroatoms. The molecule has 0 bridgehead atoms. The average molecular weight is 436 g/mol. The van der Waals surface area contributed by atoms with Crippen molar-refractivity contribution in [2.24, 2.45) is 0 Å². The normalized spacial score (nSPS) is 14.2. The van der Waals surface area contributed by atoms with Gasteiger partial charge in [0.05, 0.1) is 18.5 Å². The molecular formula is C25H25FN2O4. The summed E-state index contributed by atoms with van der Waals surface area (Å²) in [7, 11) is 1.52. The second-order valence-corrected chi connectivity index (χ2v) is 8.30. The van der Waals surface area contributed by atoms with Crippen LogP contribution in [0.5, 0.6) is 17.2 Å². The Morgan fingerprint density at radius 1 is 1.03 bits per heavy atom. The van der Waals surface area contributed by atoms with Crippen molar-refractivity contribution in [1.82, 2.24) is 0 Å². The Labute approximate surface area is 186 Å². The summed E-state index contributed by atoms with van der Waals surface area (Å²) in [4.78, 5) is 12.7. The summed E-state index contributed by atoms with van der Waals surface area (Å²) in [5.41, 5.74) is 3.55. The van der Waals surface area contributed by atoms with E-state index in [1.165, 1.54) is 25.3 Å². The van der Waals surface area contributed by atoms with Gasteiger partial charge in [-0.15, -0.1) is 0 Å². The van der Waals surface area contributed by atoms with Crippen LogP contribution in [0.2, 0.25) is 0 Å². The van der Waals surface area contributed by atoms with Gasteiger partial charge in [-0.1, -0.05) is 12.1 Å². The number of aromatic hydroxyl groups is 1. The molecule has 0 saturated carbocycles. The van der Waals surface area contributed by atoms with E-state index >= 15 is 0 Å². The second kappa shape index (κ2) is 8.07. The van der Waals surface area contributed by atoms with Crippen LogP contribution >= 0.6 is 0 Å². The number of ether oxygens (including phenoxy) is 2. The standard InChI is InChI=1S/C25H25FN2O4/c1-14-5-6-15(26)11-21(14)32-13-19-17(18-8-7-16(29)12-22(18)31-4)9-10-20-23(19)27-24(30)25(2,3)28-20/h5-12,28-29H,13H2,1-4H3,(H,27,30). The monoisotopic (exact) mass is 436 g/mol. The Hall–Kier alpha value is -3.74. The van der Waals surface area contributed by atoms with Crippen LogP contribution in [0.3, 0.4) is 0 Å². The van der Waals surface area contributed by atoms with E-state index in [2.05, 4.69) is 10.6 Å². The van der Waals surface area contributed by atoms with E-state index in [4.69, 9.17) is 9.47 Å². The van der Waals surface area contributed by atoms with Crippen LogP contribution in [-0.4, -0.2) is 23.7 Å². The molecule has 0 radical (unpaired) electrons. The van der Waals surface area contributed by atoms with Gasteiger partial charge in [0.2, 0.25) is 5.91 Å². The highest BCUT2D eigenvalue weighted by atomic mass is 19.1. The van der Waals surface area contributed by atoms with Crippen molar-refractivity contribution < 1.29 is 23.8 Å². The minimum Gasteiger partial charge on any atom is -0.508 e. The average Bonchev–Trinajstić information content (AvgIpc) is 2.75. The van der Waals surface area contributed by atoms with E-state index in [9.17, 15) is 14.3 Å². The molecule has 0 aliphatic carbocycles. The third-order valence-corrected chi connectivity index (χ3v) is 5.56. The Kier molecular flexibility index (Phi) is 5.42. The summed E-state index contributed by atoms with van der Waals surface area (Å²) in [6, 6.07) is 13.0. The molecule has 0 spiro atoms. The minimum absolute atomic E-state index is 0.0773. The van der Waals surface area contributed by atoms with Crippen molar-refractivity contribution in [3.8, 4) is 28.4 Å². The number of halogens is 1. The summed E-state index contributed by atoms with van der Waals surface area (Å²) < 4.78 is 25.3. The smallest absolute Gasteiger partial charge is 0.249 e. The van der Waals surface area contributed by atoms with Crippen molar-refractivity contribution in [1.29, 1.82) is 0 Å². The van der Waals surface area contributed by atoms with E-state index in [-0.39, 0.29) is 18.3 Å². The third-order valence-electron chi connectivity index (χ3n) is 5.56. The number of benzene rings is 3. The number of aryl methyl sites for hydroxylation is 1. The molecule has 1 amide bonds. The fraction of sp³-hybridized carbons (Fsp3) is 0.240. The SMILES string of the molecule is COc1cc(O)ccc1-c1ccc2c(c1COc1cc(F)ccc1C)NC(=O)C(C)(C)N2. The van der Waals surface area contributed by atoms with Crippen molar-refractivity contribution in [3.63, 3.8) is 0 Å². The molecule has 3 aromatic carbocycles. The van der Waals surface area contributed by atoms with E-state index in [1.807, 2.05) is 19.1 Å². The molecule has 3 aromatic rings. The molecule has 0 atom stereocenters. The number of hydrogen-bond donors (Lipinski definition) is 3. The van der Waals surface area contributed by atoms with Gasteiger partial charge < -0.3 is 25.2 Å². The number of fused-ring (bicyclic) bond motifs is 1. The number of anilines is 2. The maximum absolute atomic E-state index is 13.8. The molecule has 1 aliphatic heterocycles. The molecule has 0 unspecified atom stereocenters. The van der Waals surface area contributed by atoms with Crippen LogP contribution in [0, 0.1) is 12.7 Å². The van der Waals surface area contributed by atoms with Crippen LogP contribution in [0.25, 0.3) is 11.1 Å². The topological polar surface area (TPSA) is 79.8 Å². The zero-order chi connectivity index (χ0) is 23.0. The van der Waals surface area contributed by atoms with Gasteiger partial charge in [-0.3, -0.25) is 4.79 Å². The van der Waals surface area contributed by atoms with Gasteiger partial charge in [0.15, 0.2) is 0 Å². The van der Waals surface area contributed by atoms with Gasteiger partial charge in [-0.05, 0) is 56.2 Å². The molecule has 1 heterocycles. The molecule has 166 valence electrons. The third kappa shape index (κ3) is 3.93. The highest BCUT2D eigenvalue weighted by Gasteiger charge is 2.34. The van der Waals surface area contributed by atoms with Gasteiger partial charge in [-0.25, -0.2) is 4.39 Å². The number of hydrogen-bond acceptors (Lipinski definition) is 5. The summed E-state index contributed by atoms with van der Waals surface area (Å²) in [5.74, 6) is 0.402. The number of methoxy groups -OCH3 is 1. The molecule has 4 rings (SSSR count). The largest absolute Gasteiger partial charge is 0.508 e. The van der Waals surface area contributed by atoms with Gasteiger partial charge in [-0.2, -0.15) is 0 Å². The fourth-order valence-electron chi connectivity index (χ4n) is 3.74. The van der Waals surface area contributed by atoms with Crippen molar-refractivity contribution >= 4 is 17.3 Å².